The number of para-hydroxylation sites is 1. The first kappa shape index (κ1) is 20.5. The lowest BCUT2D eigenvalue weighted by Gasteiger charge is -2.19. The van der Waals surface area contributed by atoms with Crippen molar-refractivity contribution >= 4 is 33.2 Å². The highest BCUT2D eigenvalue weighted by atomic mass is 35.5. The monoisotopic (exact) mass is 432 g/mol. The molecule has 1 amide bonds. The molecule has 1 fully saturated rings. The predicted molar refractivity (Wildman–Crippen MR) is 98.8 cm³/mol. The number of benzene rings is 2. The molecule has 0 radical (unpaired) electrons. The predicted octanol–water partition coefficient (Wildman–Crippen LogP) is 4.40. The minimum absolute atomic E-state index is 0.0792. The van der Waals surface area contributed by atoms with Crippen LogP contribution >= 0.6 is 11.6 Å². The first-order valence-electron chi connectivity index (χ1n) is 8.37. The van der Waals surface area contributed by atoms with Crippen molar-refractivity contribution in [2.75, 3.05) is 17.8 Å². The number of nitrogens with zero attached hydrogens (tertiary/aromatic N) is 1. The number of sulfonamides is 1. The molecular weight excluding hydrogens is 417 g/mol. The van der Waals surface area contributed by atoms with Crippen LogP contribution in [0.1, 0.15) is 28.8 Å². The largest absolute Gasteiger partial charge is 0.417 e. The SMILES string of the molecule is O=C(c1ccccc1NS(=O)(=O)c1ccc(Cl)cc1C(F)(F)F)N1CCCC1. The molecule has 2 aromatic carbocycles. The number of halogens is 4. The van der Waals surface area contributed by atoms with Crippen molar-refractivity contribution in [3.8, 4) is 0 Å². The van der Waals surface area contributed by atoms with E-state index in [4.69, 9.17) is 11.6 Å². The Morgan fingerprint density at radius 3 is 2.36 bits per heavy atom. The molecule has 0 unspecified atom stereocenters. The molecule has 1 N–H and O–H groups in total. The van der Waals surface area contributed by atoms with Gasteiger partial charge in [-0.2, -0.15) is 13.2 Å². The van der Waals surface area contributed by atoms with Crippen LogP contribution < -0.4 is 4.72 Å². The van der Waals surface area contributed by atoms with Gasteiger partial charge in [0.1, 0.15) is 0 Å². The van der Waals surface area contributed by atoms with Crippen LogP contribution in [-0.4, -0.2) is 32.3 Å². The van der Waals surface area contributed by atoms with Crippen molar-refractivity contribution in [1.29, 1.82) is 0 Å². The number of likely N-dealkylation sites (tertiary alicyclic amines) is 1. The van der Waals surface area contributed by atoms with Crippen molar-refractivity contribution in [1.82, 2.24) is 4.90 Å². The molecule has 0 saturated carbocycles. The number of carbonyl (C=O) groups is 1. The Hall–Kier alpha value is -2.26. The zero-order valence-corrected chi connectivity index (χ0v) is 16.0. The molecule has 0 aliphatic carbocycles. The third-order valence-electron chi connectivity index (χ3n) is 4.33. The number of anilines is 1. The third kappa shape index (κ3) is 4.25. The van der Waals surface area contributed by atoms with Crippen LogP contribution in [0, 0.1) is 0 Å². The summed E-state index contributed by atoms with van der Waals surface area (Å²) in [6, 6.07) is 8.23. The lowest BCUT2D eigenvalue weighted by molar-refractivity contribution is -0.139. The molecular formula is C18H16ClF3N2O3S. The number of hydrogen-bond donors (Lipinski definition) is 1. The van der Waals surface area contributed by atoms with Gasteiger partial charge in [-0.05, 0) is 43.2 Å². The van der Waals surface area contributed by atoms with E-state index < -0.39 is 26.7 Å². The Kier molecular flexibility index (Phi) is 5.58. The number of carbonyl (C=O) groups excluding carboxylic acids is 1. The van der Waals surface area contributed by atoms with Crippen LogP contribution in [0.3, 0.4) is 0 Å². The van der Waals surface area contributed by atoms with Gasteiger partial charge in [0.2, 0.25) is 0 Å². The van der Waals surface area contributed by atoms with Crippen molar-refractivity contribution in [3.05, 3.63) is 58.6 Å². The Balaban J connectivity index is 2.00. The van der Waals surface area contributed by atoms with E-state index in [-0.39, 0.29) is 22.2 Å². The second kappa shape index (κ2) is 7.63. The second-order valence-corrected chi connectivity index (χ2v) is 8.38. The minimum atomic E-state index is -4.92. The van der Waals surface area contributed by atoms with Crippen molar-refractivity contribution in [2.24, 2.45) is 0 Å². The first-order chi connectivity index (χ1) is 13.1. The first-order valence-corrected chi connectivity index (χ1v) is 10.2. The molecule has 2 aromatic rings. The lowest BCUT2D eigenvalue weighted by atomic mass is 10.1. The summed E-state index contributed by atoms with van der Waals surface area (Å²) in [5, 5.41) is -0.240. The van der Waals surface area contributed by atoms with E-state index in [2.05, 4.69) is 4.72 Å². The van der Waals surface area contributed by atoms with Gasteiger partial charge in [0.05, 0.1) is 21.7 Å². The lowest BCUT2D eigenvalue weighted by Crippen LogP contribution is -2.29. The van der Waals surface area contributed by atoms with Gasteiger partial charge in [0.15, 0.2) is 0 Å². The highest BCUT2D eigenvalue weighted by Crippen LogP contribution is 2.36. The van der Waals surface area contributed by atoms with Gasteiger partial charge in [-0.3, -0.25) is 9.52 Å². The van der Waals surface area contributed by atoms with E-state index in [0.29, 0.717) is 19.2 Å². The summed E-state index contributed by atoms with van der Waals surface area (Å²) in [7, 11) is -4.62. The van der Waals surface area contributed by atoms with Crippen LogP contribution in [0.4, 0.5) is 18.9 Å². The smallest absolute Gasteiger partial charge is 0.339 e. The average molecular weight is 433 g/mol. The second-order valence-electron chi connectivity index (χ2n) is 6.29. The Morgan fingerprint density at radius 2 is 1.71 bits per heavy atom. The summed E-state index contributed by atoms with van der Waals surface area (Å²) in [6.07, 6.45) is -3.22. The number of nitrogens with one attached hydrogen (secondary N) is 1. The standard InChI is InChI=1S/C18H16ClF3N2O3S/c19-12-7-8-16(14(11-12)18(20,21)22)28(26,27)23-15-6-2-1-5-13(15)17(25)24-9-3-4-10-24/h1-2,5-8,11,23H,3-4,9-10H2. The summed E-state index contributed by atoms with van der Waals surface area (Å²) in [5.41, 5.74) is -1.38. The maximum atomic E-state index is 13.3. The molecule has 0 aromatic heterocycles. The molecule has 10 heteroatoms. The van der Waals surface area contributed by atoms with Crippen molar-refractivity contribution < 1.29 is 26.4 Å². The maximum absolute atomic E-state index is 13.3. The van der Waals surface area contributed by atoms with E-state index in [0.717, 1.165) is 25.0 Å². The topological polar surface area (TPSA) is 66.5 Å². The highest BCUT2D eigenvalue weighted by molar-refractivity contribution is 7.92. The van der Waals surface area contributed by atoms with E-state index in [1.165, 1.54) is 18.2 Å². The number of alkyl halides is 3. The maximum Gasteiger partial charge on any atom is 0.417 e. The van der Waals surface area contributed by atoms with E-state index in [9.17, 15) is 26.4 Å². The van der Waals surface area contributed by atoms with Gasteiger partial charge in [0.25, 0.3) is 15.9 Å². The molecule has 0 bridgehead atoms. The van der Waals surface area contributed by atoms with Crippen LogP contribution in [0.2, 0.25) is 5.02 Å². The fraction of sp³-hybridized carbons (Fsp3) is 0.278. The number of amides is 1. The zero-order valence-electron chi connectivity index (χ0n) is 14.5. The fourth-order valence-corrected chi connectivity index (χ4v) is 4.47. The molecule has 150 valence electrons. The van der Waals surface area contributed by atoms with Crippen LogP contribution in [-0.2, 0) is 16.2 Å². The summed E-state index contributed by atoms with van der Waals surface area (Å²) < 4.78 is 67.4. The molecule has 1 aliphatic heterocycles. The highest BCUT2D eigenvalue weighted by Gasteiger charge is 2.38. The normalized spacial score (nSPS) is 14.9. The average Bonchev–Trinajstić information content (AvgIpc) is 3.15. The quantitative estimate of drug-likeness (QED) is 0.779. The van der Waals surface area contributed by atoms with Gasteiger partial charge in [-0.15, -0.1) is 0 Å². The number of hydrogen-bond acceptors (Lipinski definition) is 3. The van der Waals surface area contributed by atoms with Crippen LogP contribution in [0.15, 0.2) is 47.4 Å². The van der Waals surface area contributed by atoms with Gasteiger partial charge in [-0.25, -0.2) is 8.42 Å². The Bertz CT molecular complexity index is 1000. The van der Waals surface area contributed by atoms with Gasteiger partial charge in [-0.1, -0.05) is 23.7 Å². The Morgan fingerprint density at radius 1 is 1.07 bits per heavy atom. The molecule has 0 spiro atoms. The summed E-state index contributed by atoms with van der Waals surface area (Å²) >= 11 is 5.61. The molecule has 28 heavy (non-hydrogen) atoms. The van der Waals surface area contributed by atoms with E-state index in [1.807, 2.05) is 0 Å². The van der Waals surface area contributed by atoms with Gasteiger partial charge < -0.3 is 4.90 Å². The van der Waals surface area contributed by atoms with Gasteiger partial charge >= 0.3 is 6.18 Å². The van der Waals surface area contributed by atoms with Crippen molar-refractivity contribution in [2.45, 2.75) is 23.9 Å². The van der Waals surface area contributed by atoms with Crippen LogP contribution in [0.5, 0.6) is 0 Å². The molecule has 1 aliphatic rings. The summed E-state index contributed by atoms with van der Waals surface area (Å²) in [4.78, 5) is 13.3. The molecule has 5 nitrogen and oxygen atoms in total. The van der Waals surface area contributed by atoms with Gasteiger partial charge in [0, 0.05) is 18.1 Å². The fourth-order valence-electron chi connectivity index (χ4n) is 3.01. The molecule has 1 heterocycles. The van der Waals surface area contributed by atoms with E-state index >= 15 is 0 Å². The minimum Gasteiger partial charge on any atom is -0.339 e. The third-order valence-corrected chi connectivity index (χ3v) is 5.99. The molecule has 1 saturated heterocycles. The zero-order chi connectivity index (χ0) is 20.5. The molecule has 3 rings (SSSR count). The summed E-state index contributed by atoms with van der Waals surface area (Å²) in [5.74, 6) is -0.372. The van der Waals surface area contributed by atoms with Crippen molar-refractivity contribution in [3.63, 3.8) is 0 Å². The summed E-state index contributed by atoms with van der Waals surface area (Å²) in [6.45, 7) is 1.10. The van der Waals surface area contributed by atoms with Crippen LogP contribution in [0.25, 0.3) is 0 Å². The molecule has 0 atom stereocenters. The Labute approximate surface area is 165 Å². The van der Waals surface area contributed by atoms with E-state index in [1.54, 1.807) is 11.0 Å². The number of rotatable bonds is 4.